The quantitative estimate of drug-likeness (QED) is 0.0261. The summed E-state index contributed by atoms with van der Waals surface area (Å²) in [7, 11) is 0. The third kappa shape index (κ3) is 63.3. The van der Waals surface area contributed by atoms with Gasteiger partial charge < -0.3 is 14.2 Å². The van der Waals surface area contributed by atoms with E-state index in [1.54, 1.807) is 0 Å². The molecule has 0 bridgehead atoms. The summed E-state index contributed by atoms with van der Waals surface area (Å²) in [4.78, 5) is 38.3. The summed E-state index contributed by atoms with van der Waals surface area (Å²) in [5.41, 5.74) is 0. The van der Waals surface area contributed by atoms with Crippen LogP contribution in [-0.4, -0.2) is 37.2 Å². The van der Waals surface area contributed by atoms with Crippen molar-refractivity contribution in [2.45, 2.75) is 335 Å². The van der Waals surface area contributed by atoms with Crippen LogP contribution in [0.15, 0.2) is 85.1 Å². The number of esters is 3. The number of unbranched alkanes of at least 4 members (excludes halogenated alkanes) is 35. The average molecular weight is 1070 g/mol. The van der Waals surface area contributed by atoms with Crippen LogP contribution >= 0.6 is 0 Å². The normalized spacial score (nSPS) is 12.6. The average Bonchev–Trinajstić information content (AvgIpc) is 3.43. The molecule has 0 aromatic heterocycles. The fraction of sp³-hybridized carbons (Fsp3) is 0.761. The minimum absolute atomic E-state index is 0.0834. The van der Waals surface area contributed by atoms with E-state index in [-0.39, 0.29) is 31.1 Å². The monoisotopic (exact) mass is 1070 g/mol. The lowest BCUT2D eigenvalue weighted by Crippen LogP contribution is -2.30. The Bertz CT molecular complexity index is 1470. The Morgan fingerprint density at radius 1 is 0.273 bits per heavy atom. The topological polar surface area (TPSA) is 78.9 Å². The van der Waals surface area contributed by atoms with Gasteiger partial charge in [0.05, 0.1) is 0 Å². The van der Waals surface area contributed by atoms with Gasteiger partial charge in [-0.05, 0) is 77.0 Å². The fourth-order valence-corrected chi connectivity index (χ4v) is 9.48. The summed E-state index contributed by atoms with van der Waals surface area (Å²) in [6, 6.07) is 0. The number of carbonyl (C=O) groups is 3. The molecule has 0 saturated heterocycles. The van der Waals surface area contributed by atoms with Gasteiger partial charge in [0.2, 0.25) is 0 Å². The molecule has 1 atom stereocenters. The standard InChI is InChI=1S/C71H124O6/c1-4-7-10-13-16-19-22-24-26-28-30-32-34-36-38-39-41-43-45-47-49-52-55-58-61-64-70(73)76-67-68(66-75-69(72)63-60-57-54-51-21-18-15-12-9-6-3)77-71(74)65-62-59-56-53-50-48-46-44-42-40-37-35-33-31-29-27-25-23-20-17-14-11-8-5-2/h7,10,16,19,24,26,30,32,36,38,41,43,47,49,68H,4-6,8-9,11-15,17-18,20-23,25,27-29,31,33-35,37,39-40,42,44-46,48,50-67H2,1-3H3/b10-7-,19-16-,26-24-,32-30-,38-36-,43-41-,49-47-. The van der Waals surface area contributed by atoms with E-state index >= 15 is 0 Å². The lowest BCUT2D eigenvalue weighted by Gasteiger charge is -2.18. The first-order valence-corrected chi connectivity index (χ1v) is 33.1. The first-order chi connectivity index (χ1) is 38.0. The van der Waals surface area contributed by atoms with Crippen LogP contribution in [-0.2, 0) is 28.6 Å². The molecule has 0 aromatic rings. The smallest absolute Gasteiger partial charge is 0.306 e. The minimum Gasteiger partial charge on any atom is -0.462 e. The highest BCUT2D eigenvalue weighted by Gasteiger charge is 2.19. The molecule has 6 nitrogen and oxygen atoms in total. The summed E-state index contributed by atoms with van der Waals surface area (Å²) in [6.45, 7) is 6.53. The van der Waals surface area contributed by atoms with Crippen LogP contribution in [0, 0.1) is 0 Å². The lowest BCUT2D eigenvalue weighted by molar-refractivity contribution is -0.167. The van der Waals surface area contributed by atoms with E-state index in [1.165, 1.54) is 180 Å². The van der Waals surface area contributed by atoms with Crippen molar-refractivity contribution in [3.05, 3.63) is 85.1 Å². The zero-order valence-corrected chi connectivity index (χ0v) is 51.0. The Labute approximate surface area is 477 Å². The number of allylic oxidation sites excluding steroid dienone is 14. The first kappa shape index (κ1) is 73.6. The highest BCUT2D eigenvalue weighted by atomic mass is 16.6. The van der Waals surface area contributed by atoms with Crippen LogP contribution < -0.4 is 0 Å². The van der Waals surface area contributed by atoms with Crippen molar-refractivity contribution < 1.29 is 28.6 Å². The zero-order chi connectivity index (χ0) is 55.7. The molecule has 0 fully saturated rings. The predicted octanol–water partition coefficient (Wildman–Crippen LogP) is 22.7. The molecule has 0 N–H and O–H groups in total. The van der Waals surface area contributed by atoms with Crippen molar-refractivity contribution >= 4 is 17.9 Å². The van der Waals surface area contributed by atoms with Crippen molar-refractivity contribution in [2.24, 2.45) is 0 Å². The van der Waals surface area contributed by atoms with Gasteiger partial charge in [0.15, 0.2) is 6.10 Å². The van der Waals surface area contributed by atoms with Crippen molar-refractivity contribution in [1.29, 1.82) is 0 Å². The van der Waals surface area contributed by atoms with Crippen LogP contribution in [0.2, 0.25) is 0 Å². The molecule has 6 heteroatoms. The molecule has 0 amide bonds. The van der Waals surface area contributed by atoms with Gasteiger partial charge in [-0.3, -0.25) is 14.4 Å². The number of ether oxygens (including phenoxy) is 3. The highest BCUT2D eigenvalue weighted by Crippen LogP contribution is 2.17. The third-order valence-electron chi connectivity index (χ3n) is 14.4. The van der Waals surface area contributed by atoms with E-state index in [4.69, 9.17) is 14.2 Å². The Kier molecular flexibility index (Phi) is 62.2. The summed E-state index contributed by atoms with van der Waals surface area (Å²) >= 11 is 0. The molecule has 0 radical (unpaired) electrons. The Morgan fingerprint density at radius 3 is 0.792 bits per heavy atom. The molecule has 0 aliphatic rings. The SMILES string of the molecule is CC/C=C\C/C=C\C/C=C\C/C=C\C/C=C\C/C=C\C/C=C\CCCCCC(=O)OCC(COC(=O)CCCCCCCCCCCC)OC(=O)CCCCCCCCCCCCCCCCCCCCCCCCCC. The second kappa shape index (κ2) is 65.1. The molecule has 0 saturated carbocycles. The molecule has 1 unspecified atom stereocenters. The maximum Gasteiger partial charge on any atom is 0.306 e. The van der Waals surface area contributed by atoms with Gasteiger partial charge in [-0.15, -0.1) is 0 Å². The van der Waals surface area contributed by atoms with Gasteiger partial charge in [0.1, 0.15) is 13.2 Å². The first-order valence-electron chi connectivity index (χ1n) is 33.1. The minimum atomic E-state index is -0.788. The molecule has 0 rings (SSSR count). The van der Waals surface area contributed by atoms with E-state index < -0.39 is 6.10 Å². The second-order valence-electron chi connectivity index (χ2n) is 22.0. The van der Waals surface area contributed by atoms with Crippen LogP contribution in [0.5, 0.6) is 0 Å². The Morgan fingerprint density at radius 2 is 0.506 bits per heavy atom. The molecule has 0 spiro atoms. The van der Waals surface area contributed by atoms with E-state index in [0.717, 1.165) is 109 Å². The van der Waals surface area contributed by atoms with E-state index in [0.29, 0.717) is 19.3 Å². The van der Waals surface area contributed by atoms with Gasteiger partial charge in [-0.2, -0.15) is 0 Å². The molecule has 0 aromatic carbocycles. The van der Waals surface area contributed by atoms with Gasteiger partial charge in [0, 0.05) is 19.3 Å². The van der Waals surface area contributed by atoms with Crippen molar-refractivity contribution in [1.82, 2.24) is 0 Å². The van der Waals surface area contributed by atoms with E-state index in [1.807, 2.05) is 0 Å². The fourth-order valence-electron chi connectivity index (χ4n) is 9.48. The molecular formula is C71H124O6. The molecule has 77 heavy (non-hydrogen) atoms. The Hall–Kier alpha value is -3.41. The molecule has 0 aliphatic heterocycles. The molecule has 0 aliphatic carbocycles. The van der Waals surface area contributed by atoms with Crippen LogP contribution in [0.25, 0.3) is 0 Å². The maximum atomic E-state index is 12.9. The zero-order valence-electron chi connectivity index (χ0n) is 51.0. The van der Waals surface area contributed by atoms with Gasteiger partial charge >= 0.3 is 17.9 Å². The Balaban J connectivity index is 4.29. The predicted molar refractivity (Wildman–Crippen MR) is 334 cm³/mol. The van der Waals surface area contributed by atoms with Crippen molar-refractivity contribution in [2.75, 3.05) is 13.2 Å². The van der Waals surface area contributed by atoms with E-state index in [9.17, 15) is 14.4 Å². The van der Waals surface area contributed by atoms with Crippen LogP contribution in [0.3, 0.4) is 0 Å². The number of rotatable bonds is 60. The van der Waals surface area contributed by atoms with Crippen molar-refractivity contribution in [3.63, 3.8) is 0 Å². The summed E-state index contributed by atoms with van der Waals surface area (Å²) in [5.74, 6) is -0.904. The highest BCUT2D eigenvalue weighted by molar-refractivity contribution is 5.71. The largest absolute Gasteiger partial charge is 0.462 e. The van der Waals surface area contributed by atoms with Crippen LogP contribution in [0.4, 0.5) is 0 Å². The van der Waals surface area contributed by atoms with Gasteiger partial charge in [0.25, 0.3) is 0 Å². The molecular weight excluding hydrogens is 949 g/mol. The molecule has 444 valence electrons. The third-order valence-corrected chi connectivity index (χ3v) is 14.4. The lowest BCUT2D eigenvalue weighted by atomic mass is 10.0. The van der Waals surface area contributed by atoms with Crippen LogP contribution in [0.1, 0.15) is 329 Å². The second-order valence-corrected chi connectivity index (χ2v) is 22.0. The number of hydrogen-bond acceptors (Lipinski definition) is 6. The summed E-state index contributed by atoms with van der Waals surface area (Å²) < 4.78 is 16.9. The molecule has 0 heterocycles. The maximum absolute atomic E-state index is 12.9. The number of carbonyl (C=O) groups excluding carboxylic acids is 3. The van der Waals surface area contributed by atoms with Crippen molar-refractivity contribution in [3.8, 4) is 0 Å². The van der Waals surface area contributed by atoms with E-state index in [2.05, 4.69) is 106 Å². The van der Waals surface area contributed by atoms with Gasteiger partial charge in [-0.25, -0.2) is 0 Å². The number of hydrogen-bond donors (Lipinski definition) is 0. The summed E-state index contributed by atoms with van der Waals surface area (Å²) in [6.07, 6.45) is 86.1. The van der Waals surface area contributed by atoms with Gasteiger partial charge in [-0.1, -0.05) is 318 Å². The summed E-state index contributed by atoms with van der Waals surface area (Å²) in [5, 5.41) is 0.